The fraction of sp³-hybridized carbons (Fsp3) is 0.414. The molecule has 1 fully saturated rings. The highest BCUT2D eigenvalue weighted by atomic mass is 32.1. The molecule has 2 aliphatic carbocycles. The number of anilines is 8. The number of rotatable bonds is 3. The third-order valence-corrected chi connectivity index (χ3v) is 18.4. The van der Waals surface area contributed by atoms with Gasteiger partial charge in [0.2, 0.25) is 0 Å². The van der Waals surface area contributed by atoms with Crippen LogP contribution in [0, 0.1) is 27.7 Å². The van der Waals surface area contributed by atoms with Gasteiger partial charge in [0.1, 0.15) is 0 Å². The normalized spacial score (nSPS) is 22.6. The van der Waals surface area contributed by atoms with Crippen molar-refractivity contribution >= 4 is 79.3 Å². The molecule has 0 N–H and O–H groups in total. The Kier molecular flexibility index (Phi) is 8.73. The molecule has 0 saturated heterocycles. The molecule has 11 rings (SSSR count). The minimum absolute atomic E-state index is 0.00363. The summed E-state index contributed by atoms with van der Waals surface area (Å²) in [6, 6.07) is 36.2. The zero-order chi connectivity index (χ0) is 44.3. The van der Waals surface area contributed by atoms with Crippen molar-refractivity contribution in [2.45, 2.75) is 156 Å². The summed E-state index contributed by atoms with van der Waals surface area (Å²) < 4.78 is 1.51. The number of hydrogen-bond donors (Lipinski definition) is 0. The van der Waals surface area contributed by atoms with Crippen LogP contribution in [0.2, 0.25) is 0 Å². The molecule has 3 nitrogen and oxygen atoms in total. The summed E-state index contributed by atoms with van der Waals surface area (Å²) in [5.41, 5.74) is 23.5. The van der Waals surface area contributed by atoms with Crippen LogP contribution < -0.4 is 30.4 Å². The second-order valence-corrected chi connectivity index (χ2v) is 24.1. The predicted octanol–water partition coefficient (Wildman–Crippen LogP) is 14.5. The highest BCUT2D eigenvalue weighted by Crippen LogP contribution is 2.63. The van der Waals surface area contributed by atoms with Crippen molar-refractivity contribution < 1.29 is 0 Å². The lowest BCUT2D eigenvalue weighted by molar-refractivity contribution is 0.195. The Morgan fingerprint density at radius 1 is 0.587 bits per heavy atom. The van der Waals surface area contributed by atoms with Crippen LogP contribution in [0.4, 0.5) is 45.5 Å². The average molecular weight is 848 g/mol. The first-order valence-corrected chi connectivity index (χ1v) is 24.7. The molecule has 0 radical (unpaired) electrons. The van der Waals surface area contributed by atoms with Gasteiger partial charge >= 0.3 is 0 Å². The maximum atomic E-state index is 2.79. The molecule has 0 spiro atoms. The number of hydrogen-bond acceptors (Lipinski definition) is 4. The lowest BCUT2D eigenvalue weighted by atomic mass is 9.35. The van der Waals surface area contributed by atoms with Crippen LogP contribution in [-0.2, 0) is 21.7 Å². The Morgan fingerprint density at radius 2 is 1.21 bits per heavy atom. The Balaban J connectivity index is 1.29. The zero-order valence-electron chi connectivity index (χ0n) is 40.2. The third-order valence-electron chi connectivity index (χ3n) is 16.8. The van der Waals surface area contributed by atoms with Crippen molar-refractivity contribution in [1.29, 1.82) is 0 Å². The number of nitrogens with zero attached hydrogens (tertiary/aromatic N) is 3. The molecule has 63 heavy (non-hydrogen) atoms. The van der Waals surface area contributed by atoms with Gasteiger partial charge in [0.05, 0.1) is 16.9 Å². The summed E-state index contributed by atoms with van der Waals surface area (Å²) in [7, 11) is 0. The van der Waals surface area contributed by atoms with Crippen molar-refractivity contribution in [3.05, 3.63) is 135 Å². The second-order valence-electron chi connectivity index (χ2n) is 23.1. The van der Waals surface area contributed by atoms with Crippen molar-refractivity contribution in [2.75, 3.05) is 14.7 Å². The van der Waals surface area contributed by atoms with Gasteiger partial charge in [0.15, 0.2) is 0 Å². The topological polar surface area (TPSA) is 9.72 Å². The van der Waals surface area contributed by atoms with Crippen LogP contribution in [-0.4, -0.2) is 12.3 Å². The Labute approximate surface area is 382 Å². The van der Waals surface area contributed by atoms with E-state index in [1.165, 1.54) is 133 Å². The first kappa shape index (κ1) is 41.0. The van der Waals surface area contributed by atoms with Gasteiger partial charge in [-0.1, -0.05) is 116 Å². The highest BCUT2D eigenvalue weighted by molar-refractivity contribution is 7.29. The van der Waals surface area contributed by atoms with E-state index < -0.39 is 0 Å². The van der Waals surface area contributed by atoms with Gasteiger partial charge in [-0.3, -0.25) is 0 Å². The molecular formula is C58H66BN3S. The van der Waals surface area contributed by atoms with E-state index in [9.17, 15) is 0 Å². The second kappa shape index (κ2) is 13.4. The first-order chi connectivity index (χ1) is 29.7. The van der Waals surface area contributed by atoms with E-state index in [2.05, 4.69) is 207 Å². The molecule has 4 heterocycles. The Hall–Kier alpha value is -4.74. The fourth-order valence-corrected chi connectivity index (χ4v) is 15.0. The fourth-order valence-electron chi connectivity index (χ4n) is 13.3. The van der Waals surface area contributed by atoms with Crippen LogP contribution in [0.3, 0.4) is 0 Å². The maximum absolute atomic E-state index is 2.79. The number of para-hydroxylation sites is 1. The van der Waals surface area contributed by atoms with Crippen LogP contribution in [0.5, 0.6) is 0 Å². The van der Waals surface area contributed by atoms with Crippen molar-refractivity contribution in [2.24, 2.45) is 0 Å². The van der Waals surface area contributed by atoms with Gasteiger partial charge in [-0.05, 0) is 169 Å². The summed E-state index contributed by atoms with van der Waals surface area (Å²) in [5.74, 6) is 0. The van der Waals surface area contributed by atoms with Gasteiger partial charge < -0.3 is 14.7 Å². The van der Waals surface area contributed by atoms with E-state index in [1.807, 2.05) is 0 Å². The monoisotopic (exact) mass is 848 g/mol. The predicted molar refractivity (Wildman–Crippen MR) is 274 cm³/mol. The van der Waals surface area contributed by atoms with Gasteiger partial charge in [-0.2, -0.15) is 11.3 Å². The van der Waals surface area contributed by atoms with Crippen molar-refractivity contribution in [3.8, 4) is 0 Å². The molecule has 1 saturated carbocycles. The molecule has 3 aliphatic heterocycles. The molecule has 5 aromatic carbocycles. The number of fused-ring (bicyclic) bond motifs is 9. The standard InChI is InChI=1S/C58H66BN3S/c1-35-29-37(3)50(38(4)30-35)61-45-33-42-44(62(41-19-15-14-16-20-41)58(13)26-18-17-25-57(42,58)12)34-43(45)59-49-46(31-36(2)32-47(49)61)60(40-23-21-39(22-24-40)54(5,6)7)51-48-52(63-53(51)59)56(10,11)28-27-55(48,8)9/h14-16,19-24,29-34H,17-18,25-28H2,1-13H3. The van der Waals surface area contributed by atoms with Crippen LogP contribution in [0.15, 0.2) is 91.0 Å². The van der Waals surface area contributed by atoms with E-state index in [-0.39, 0.29) is 33.9 Å². The molecule has 322 valence electrons. The molecule has 2 unspecified atom stereocenters. The van der Waals surface area contributed by atoms with Gasteiger partial charge in [-0.25, -0.2) is 0 Å². The summed E-state index contributed by atoms with van der Waals surface area (Å²) in [6.07, 6.45) is 7.27. The maximum Gasteiger partial charge on any atom is 0.264 e. The summed E-state index contributed by atoms with van der Waals surface area (Å²) in [5, 5.41) is 0. The van der Waals surface area contributed by atoms with Crippen molar-refractivity contribution in [3.63, 3.8) is 0 Å². The summed E-state index contributed by atoms with van der Waals surface area (Å²) in [6.45, 7) is 31.6. The lowest BCUT2D eigenvalue weighted by Crippen LogP contribution is -2.61. The zero-order valence-corrected chi connectivity index (χ0v) is 41.0. The number of thiophene rings is 1. The average Bonchev–Trinajstić information content (AvgIpc) is 3.72. The Bertz CT molecular complexity index is 2850. The van der Waals surface area contributed by atoms with Crippen LogP contribution in [0.25, 0.3) is 0 Å². The Morgan fingerprint density at radius 3 is 1.87 bits per heavy atom. The van der Waals surface area contributed by atoms with E-state index in [1.54, 1.807) is 10.4 Å². The molecule has 0 amide bonds. The smallest absolute Gasteiger partial charge is 0.264 e. The molecule has 1 aromatic heterocycles. The molecule has 6 aromatic rings. The minimum atomic E-state index is -0.0438. The van der Waals surface area contributed by atoms with E-state index in [0.29, 0.717) is 0 Å². The van der Waals surface area contributed by atoms with Crippen LogP contribution in [0.1, 0.15) is 145 Å². The lowest BCUT2D eigenvalue weighted by Gasteiger charge is -2.50. The van der Waals surface area contributed by atoms with E-state index in [0.717, 1.165) is 0 Å². The van der Waals surface area contributed by atoms with E-state index >= 15 is 0 Å². The van der Waals surface area contributed by atoms with Gasteiger partial charge in [0.25, 0.3) is 6.71 Å². The molecular weight excluding hydrogens is 782 g/mol. The van der Waals surface area contributed by atoms with E-state index in [4.69, 9.17) is 0 Å². The molecule has 5 aliphatic rings. The van der Waals surface area contributed by atoms with Gasteiger partial charge in [-0.15, -0.1) is 0 Å². The SMILES string of the molecule is Cc1cc(C)c(N2c3cc4c(cc3B3c5sc6c(c5N(c5ccc(C(C)(C)C)cc5)c5cc(C)cc2c53)C(C)(C)CCC6(C)C)N(c2ccccc2)C2(C)CCCCC42C)c(C)c1. The van der Waals surface area contributed by atoms with Gasteiger partial charge in [0, 0.05) is 49.2 Å². The summed E-state index contributed by atoms with van der Waals surface area (Å²) >= 11 is 2.14. The largest absolute Gasteiger partial charge is 0.334 e. The quantitative estimate of drug-likeness (QED) is 0.164. The summed E-state index contributed by atoms with van der Waals surface area (Å²) in [4.78, 5) is 9.82. The molecule has 2 atom stereocenters. The third kappa shape index (κ3) is 5.63. The number of benzene rings is 5. The number of aryl methyl sites for hydroxylation is 4. The van der Waals surface area contributed by atoms with Crippen LogP contribution >= 0.6 is 11.3 Å². The first-order valence-electron chi connectivity index (χ1n) is 23.9. The van der Waals surface area contributed by atoms with Crippen molar-refractivity contribution in [1.82, 2.24) is 0 Å². The molecule has 0 bridgehead atoms. The minimum Gasteiger partial charge on any atom is -0.334 e. The molecule has 5 heteroatoms. The highest BCUT2D eigenvalue weighted by Gasteiger charge is 2.59.